The number of hydrogen-bond donors (Lipinski definition) is 1. The average Bonchev–Trinajstić information content (AvgIpc) is 3.08. The number of amides is 1. The number of phenols is 1. The Bertz CT molecular complexity index is 1270. The van der Waals surface area contributed by atoms with E-state index in [0.29, 0.717) is 16.3 Å². The zero-order valence-corrected chi connectivity index (χ0v) is 17.5. The van der Waals surface area contributed by atoms with Crippen molar-refractivity contribution in [3.05, 3.63) is 63.8 Å². The second-order valence-electron chi connectivity index (χ2n) is 7.43. The molecule has 0 spiro atoms. The minimum Gasteiger partial charge on any atom is -0.507 e. The highest BCUT2D eigenvalue weighted by Crippen LogP contribution is 2.40. The van der Waals surface area contributed by atoms with Gasteiger partial charge in [-0.3, -0.25) is 9.48 Å². The van der Waals surface area contributed by atoms with E-state index in [0.717, 1.165) is 25.2 Å². The number of aromatic nitrogens is 2. The molecule has 0 radical (unpaired) electrons. The van der Waals surface area contributed by atoms with Gasteiger partial charge in [-0.25, -0.2) is 0 Å². The number of alkyl halides is 6. The lowest BCUT2D eigenvalue weighted by Crippen LogP contribution is -2.38. The fourth-order valence-electron chi connectivity index (χ4n) is 3.73. The van der Waals surface area contributed by atoms with Crippen LogP contribution in [0.2, 0.25) is 5.02 Å². The van der Waals surface area contributed by atoms with Crippen molar-refractivity contribution in [3.8, 4) is 17.0 Å². The first kappa shape index (κ1) is 23.0. The molecule has 0 fully saturated rings. The van der Waals surface area contributed by atoms with Crippen LogP contribution in [-0.4, -0.2) is 27.3 Å². The molecule has 1 N–H and O–H groups in total. The summed E-state index contributed by atoms with van der Waals surface area (Å²) in [5.74, 6) is -1.16. The Hall–Kier alpha value is -3.21. The van der Waals surface area contributed by atoms with Crippen molar-refractivity contribution in [1.29, 1.82) is 0 Å². The molecular weight excluding hydrogens is 476 g/mol. The normalized spacial score (nSPS) is 14.5. The summed E-state index contributed by atoms with van der Waals surface area (Å²) in [6, 6.07) is 6.42. The van der Waals surface area contributed by atoms with Crippen LogP contribution < -0.4 is 4.90 Å². The van der Waals surface area contributed by atoms with Crippen molar-refractivity contribution < 1.29 is 36.2 Å². The molecule has 1 aliphatic heterocycles. The smallest absolute Gasteiger partial charge is 0.433 e. The standard InChI is InChI=1S/C21H14ClF6N3O2/c1-30-18(21(26,27)28)9-16(29-30)12-3-2-11(7-17(12)32)31-5-4-10-6-15(22)14(20(23,24)25)8-13(10)19(31)33/h2-3,6-9,32H,4-5H2,1H3. The maximum atomic E-state index is 13.2. The van der Waals surface area contributed by atoms with E-state index in [1.165, 1.54) is 17.0 Å². The summed E-state index contributed by atoms with van der Waals surface area (Å²) in [4.78, 5) is 14.1. The number of carbonyl (C=O) groups excluding carboxylic acids is 1. The third kappa shape index (κ3) is 4.12. The molecule has 3 aromatic rings. The SMILES string of the molecule is Cn1nc(-c2ccc(N3CCc4cc(Cl)c(C(F)(F)F)cc4C3=O)cc2O)cc1C(F)(F)F. The van der Waals surface area contributed by atoms with Crippen molar-refractivity contribution in [2.45, 2.75) is 18.8 Å². The summed E-state index contributed by atoms with van der Waals surface area (Å²) in [7, 11) is 1.11. The molecule has 1 amide bonds. The molecule has 174 valence electrons. The van der Waals surface area contributed by atoms with Crippen LogP contribution in [0.15, 0.2) is 36.4 Å². The van der Waals surface area contributed by atoms with Gasteiger partial charge in [0, 0.05) is 36.5 Å². The molecule has 0 bridgehead atoms. The third-order valence-electron chi connectivity index (χ3n) is 5.32. The summed E-state index contributed by atoms with van der Waals surface area (Å²) < 4.78 is 79.4. The Kier molecular flexibility index (Phi) is 5.35. The predicted molar refractivity (Wildman–Crippen MR) is 107 cm³/mol. The van der Waals surface area contributed by atoms with Gasteiger partial charge in [0.2, 0.25) is 0 Å². The summed E-state index contributed by atoms with van der Waals surface area (Å²) in [5.41, 5.74) is -1.91. The third-order valence-corrected chi connectivity index (χ3v) is 5.63. The summed E-state index contributed by atoms with van der Waals surface area (Å²) in [6.45, 7) is 0.105. The van der Waals surface area contributed by atoms with Gasteiger partial charge in [0.15, 0.2) is 0 Å². The molecule has 4 rings (SSSR count). The van der Waals surface area contributed by atoms with Crippen LogP contribution in [0.1, 0.15) is 27.2 Å². The second kappa shape index (κ2) is 7.68. The van der Waals surface area contributed by atoms with Crippen molar-refractivity contribution >= 4 is 23.2 Å². The summed E-state index contributed by atoms with van der Waals surface area (Å²) in [6.07, 6.45) is -9.16. The fourth-order valence-corrected chi connectivity index (χ4v) is 4.03. The van der Waals surface area contributed by atoms with Crippen LogP contribution in [0.25, 0.3) is 11.3 Å². The average molecular weight is 490 g/mol. The maximum absolute atomic E-state index is 13.2. The largest absolute Gasteiger partial charge is 0.507 e. The van der Waals surface area contributed by atoms with Crippen molar-refractivity contribution in [2.75, 3.05) is 11.4 Å². The van der Waals surface area contributed by atoms with E-state index in [-0.39, 0.29) is 35.5 Å². The molecular formula is C21H14ClF6N3O2. The number of fused-ring (bicyclic) bond motifs is 1. The lowest BCUT2D eigenvalue weighted by molar-refractivity contribution is -0.143. The van der Waals surface area contributed by atoms with E-state index >= 15 is 0 Å². The number of rotatable bonds is 2. The molecule has 2 heterocycles. The van der Waals surface area contributed by atoms with Gasteiger partial charge in [0.25, 0.3) is 5.91 Å². The van der Waals surface area contributed by atoms with Gasteiger partial charge in [0.05, 0.1) is 16.3 Å². The minimum atomic E-state index is -4.74. The number of aryl methyl sites for hydroxylation is 1. The zero-order valence-electron chi connectivity index (χ0n) is 16.7. The number of nitrogens with zero attached hydrogens (tertiary/aromatic N) is 3. The number of anilines is 1. The van der Waals surface area contributed by atoms with Gasteiger partial charge < -0.3 is 10.0 Å². The number of hydrogen-bond acceptors (Lipinski definition) is 3. The molecule has 1 aliphatic rings. The molecule has 1 aromatic heterocycles. The van der Waals surface area contributed by atoms with Crippen LogP contribution in [0.3, 0.4) is 0 Å². The van der Waals surface area contributed by atoms with Gasteiger partial charge in [-0.15, -0.1) is 0 Å². The molecule has 0 atom stereocenters. The zero-order chi connectivity index (χ0) is 24.3. The van der Waals surface area contributed by atoms with Gasteiger partial charge >= 0.3 is 12.4 Å². The van der Waals surface area contributed by atoms with Gasteiger partial charge in [-0.1, -0.05) is 11.6 Å². The minimum absolute atomic E-state index is 0.000785. The Morgan fingerprint density at radius 1 is 1.00 bits per heavy atom. The lowest BCUT2D eigenvalue weighted by Gasteiger charge is -2.29. The van der Waals surface area contributed by atoms with E-state index in [2.05, 4.69) is 5.10 Å². The summed E-state index contributed by atoms with van der Waals surface area (Å²) >= 11 is 5.73. The van der Waals surface area contributed by atoms with Gasteiger partial charge in [-0.05, 0) is 42.3 Å². The van der Waals surface area contributed by atoms with Gasteiger partial charge in [0.1, 0.15) is 11.4 Å². The Balaban J connectivity index is 1.68. The van der Waals surface area contributed by atoms with Crippen molar-refractivity contribution in [2.24, 2.45) is 7.05 Å². The monoisotopic (exact) mass is 489 g/mol. The van der Waals surface area contributed by atoms with E-state index in [4.69, 9.17) is 11.6 Å². The van der Waals surface area contributed by atoms with E-state index in [1.54, 1.807) is 0 Å². The Morgan fingerprint density at radius 3 is 2.27 bits per heavy atom. The lowest BCUT2D eigenvalue weighted by atomic mass is 9.95. The van der Waals surface area contributed by atoms with Crippen LogP contribution in [0.4, 0.5) is 32.0 Å². The molecule has 0 unspecified atom stereocenters. The van der Waals surface area contributed by atoms with Crippen molar-refractivity contribution in [3.63, 3.8) is 0 Å². The Labute approximate surface area is 187 Å². The highest BCUT2D eigenvalue weighted by Gasteiger charge is 2.37. The summed E-state index contributed by atoms with van der Waals surface area (Å²) in [5, 5.41) is 13.7. The highest BCUT2D eigenvalue weighted by molar-refractivity contribution is 6.31. The molecule has 33 heavy (non-hydrogen) atoms. The van der Waals surface area contributed by atoms with Crippen molar-refractivity contribution in [1.82, 2.24) is 9.78 Å². The topological polar surface area (TPSA) is 58.4 Å². The molecule has 0 aliphatic carbocycles. The van der Waals surface area contributed by atoms with Crippen LogP contribution in [-0.2, 0) is 25.8 Å². The molecule has 0 saturated carbocycles. The molecule has 12 heteroatoms. The van der Waals surface area contributed by atoms with Gasteiger partial charge in [-0.2, -0.15) is 31.4 Å². The van der Waals surface area contributed by atoms with E-state index in [1.807, 2.05) is 0 Å². The second-order valence-corrected chi connectivity index (χ2v) is 7.84. The number of halogens is 7. The number of phenolic OH excluding ortho intramolecular Hbond substituents is 1. The van der Waals surface area contributed by atoms with E-state index < -0.39 is 40.3 Å². The fraction of sp³-hybridized carbons (Fsp3) is 0.238. The first-order valence-electron chi connectivity index (χ1n) is 9.43. The number of carbonyl (C=O) groups is 1. The maximum Gasteiger partial charge on any atom is 0.433 e. The number of aromatic hydroxyl groups is 1. The highest BCUT2D eigenvalue weighted by atomic mass is 35.5. The van der Waals surface area contributed by atoms with Crippen LogP contribution in [0.5, 0.6) is 5.75 Å². The van der Waals surface area contributed by atoms with Crippen LogP contribution in [0, 0.1) is 0 Å². The quantitative estimate of drug-likeness (QED) is 0.471. The Morgan fingerprint density at radius 2 is 1.70 bits per heavy atom. The molecule has 2 aromatic carbocycles. The van der Waals surface area contributed by atoms with Crippen LogP contribution >= 0.6 is 11.6 Å². The molecule has 0 saturated heterocycles. The molecule has 5 nitrogen and oxygen atoms in total. The van der Waals surface area contributed by atoms with E-state index in [9.17, 15) is 36.2 Å². The predicted octanol–water partition coefficient (Wildman–Crippen LogP) is 5.69. The first-order chi connectivity index (χ1) is 15.3. The first-order valence-corrected chi connectivity index (χ1v) is 9.81. The number of benzene rings is 2.